The van der Waals surface area contributed by atoms with Gasteiger partial charge in [-0.25, -0.2) is 0 Å². The Bertz CT molecular complexity index is 1580. The van der Waals surface area contributed by atoms with Crippen molar-refractivity contribution in [3.8, 4) is 17.1 Å². The number of para-hydroxylation sites is 1. The van der Waals surface area contributed by atoms with Crippen LogP contribution >= 0.6 is 15.9 Å². The second kappa shape index (κ2) is 11.3. The van der Waals surface area contributed by atoms with Gasteiger partial charge >= 0.3 is 0 Å². The summed E-state index contributed by atoms with van der Waals surface area (Å²) in [6, 6.07) is 20.5. The van der Waals surface area contributed by atoms with E-state index in [9.17, 15) is 9.59 Å². The first-order chi connectivity index (χ1) is 18.5. The summed E-state index contributed by atoms with van der Waals surface area (Å²) in [4.78, 5) is 28.9. The number of carbonyl (C=O) groups is 2. The van der Waals surface area contributed by atoms with Gasteiger partial charge in [-0.1, -0.05) is 40.2 Å². The summed E-state index contributed by atoms with van der Waals surface area (Å²) >= 11 is 3.43. The quantitative estimate of drug-likeness (QED) is 0.188. The molecular formula is C27H24BrN7O3. The molecule has 4 N–H and O–H groups in total. The summed E-state index contributed by atoms with van der Waals surface area (Å²) < 4.78 is 5.99. The summed E-state index contributed by atoms with van der Waals surface area (Å²) in [5.41, 5.74) is 3.93. The van der Waals surface area contributed by atoms with Crippen molar-refractivity contribution in [1.29, 1.82) is 0 Å². The minimum atomic E-state index is -0.343. The predicted molar refractivity (Wildman–Crippen MR) is 148 cm³/mol. The number of tetrazole rings is 1. The number of hydrogen-bond donors (Lipinski definition) is 4. The van der Waals surface area contributed by atoms with Crippen LogP contribution in [0, 0.1) is 0 Å². The smallest absolute Gasteiger partial charge is 0.272 e. The highest BCUT2D eigenvalue weighted by Crippen LogP contribution is 2.29. The van der Waals surface area contributed by atoms with Gasteiger partial charge in [0.1, 0.15) is 11.4 Å². The number of fused-ring (bicyclic) bond motifs is 1. The lowest BCUT2D eigenvalue weighted by Crippen LogP contribution is -2.13. The van der Waals surface area contributed by atoms with Crippen LogP contribution in [0.15, 0.2) is 71.2 Å². The van der Waals surface area contributed by atoms with E-state index in [1.807, 2.05) is 48.5 Å². The van der Waals surface area contributed by atoms with Crippen LogP contribution in [0.1, 0.15) is 28.9 Å². The topological polar surface area (TPSA) is 138 Å². The van der Waals surface area contributed by atoms with Crippen LogP contribution in [0.5, 0.6) is 5.75 Å². The first-order valence-electron chi connectivity index (χ1n) is 11.9. The van der Waals surface area contributed by atoms with E-state index in [2.05, 4.69) is 52.2 Å². The Balaban J connectivity index is 1.26. The van der Waals surface area contributed by atoms with Gasteiger partial charge in [-0.2, -0.15) is 5.21 Å². The first kappa shape index (κ1) is 25.2. The molecule has 0 unspecified atom stereocenters. The average molecular weight is 574 g/mol. The number of methoxy groups -OCH3 is 1. The number of benzene rings is 3. The van der Waals surface area contributed by atoms with Gasteiger partial charge in [0.2, 0.25) is 11.7 Å². The summed E-state index contributed by atoms with van der Waals surface area (Å²) in [5.74, 6) is 0.731. The van der Waals surface area contributed by atoms with E-state index in [0.29, 0.717) is 46.8 Å². The molecule has 2 amide bonds. The molecule has 5 rings (SSSR count). The van der Waals surface area contributed by atoms with Crippen molar-refractivity contribution in [2.75, 3.05) is 17.7 Å². The fourth-order valence-electron chi connectivity index (χ4n) is 4.12. The van der Waals surface area contributed by atoms with E-state index in [4.69, 9.17) is 4.74 Å². The molecule has 0 spiro atoms. The SMILES string of the molecule is COc1ccc(CCCC(=O)Nc2cccc3cc(C(=O)Nc4ccc(Br)cc4-c4nn[nH]n4)[nH]c23)cc1. The van der Waals surface area contributed by atoms with E-state index in [0.717, 1.165) is 27.6 Å². The van der Waals surface area contributed by atoms with E-state index < -0.39 is 0 Å². The number of aromatic amines is 2. The van der Waals surface area contributed by atoms with Gasteiger partial charge in [0, 0.05) is 21.8 Å². The number of halogens is 1. The van der Waals surface area contributed by atoms with E-state index in [1.165, 1.54) is 0 Å². The van der Waals surface area contributed by atoms with Crippen molar-refractivity contribution < 1.29 is 14.3 Å². The third kappa shape index (κ3) is 5.73. The predicted octanol–water partition coefficient (Wildman–Crippen LogP) is 5.33. The lowest BCUT2D eigenvalue weighted by Gasteiger charge is -2.09. The lowest BCUT2D eigenvalue weighted by molar-refractivity contribution is -0.116. The molecule has 2 heterocycles. The molecule has 0 atom stereocenters. The highest BCUT2D eigenvalue weighted by Gasteiger charge is 2.17. The van der Waals surface area contributed by atoms with E-state index in [1.54, 1.807) is 25.3 Å². The normalized spacial score (nSPS) is 10.9. The molecule has 0 aliphatic rings. The van der Waals surface area contributed by atoms with Crippen LogP contribution in [0.3, 0.4) is 0 Å². The molecule has 3 aromatic carbocycles. The average Bonchev–Trinajstić information content (AvgIpc) is 3.61. The molecule has 0 saturated carbocycles. The summed E-state index contributed by atoms with van der Waals surface area (Å²) in [6.07, 6.45) is 1.87. The summed E-state index contributed by atoms with van der Waals surface area (Å²) in [6.45, 7) is 0. The molecule has 10 nitrogen and oxygen atoms in total. The highest BCUT2D eigenvalue weighted by molar-refractivity contribution is 9.10. The molecule has 38 heavy (non-hydrogen) atoms. The monoisotopic (exact) mass is 573 g/mol. The van der Waals surface area contributed by atoms with Crippen molar-refractivity contribution in [1.82, 2.24) is 25.6 Å². The zero-order valence-corrected chi connectivity index (χ0v) is 22.0. The zero-order chi connectivity index (χ0) is 26.5. The number of aryl methyl sites for hydroxylation is 1. The molecule has 5 aromatic rings. The zero-order valence-electron chi connectivity index (χ0n) is 20.4. The van der Waals surface area contributed by atoms with Gasteiger partial charge in [-0.3, -0.25) is 9.59 Å². The number of nitrogens with one attached hydrogen (secondary N) is 4. The van der Waals surface area contributed by atoms with Gasteiger partial charge in [-0.05, 0) is 66.1 Å². The Hall–Kier alpha value is -4.51. The van der Waals surface area contributed by atoms with E-state index >= 15 is 0 Å². The number of ether oxygens (including phenoxy) is 1. The molecule has 0 aliphatic carbocycles. The van der Waals surface area contributed by atoms with Crippen molar-refractivity contribution in [3.63, 3.8) is 0 Å². The third-order valence-corrected chi connectivity index (χ3v) is 6.51. The Morgan fingerprint density at radius 1 is 1.00 bits per heavy atom. The number of rotatable bonds is 9. The van der Waals surface area contributed by atoms with Crippen LogP contribution in [0.25, 0.3) is 22.3 Å². The molecule has 192 valence electrons. The number of aromatic nitrogens is 5. The van der Waals surface area contributed by atoms with Gasteiger partial charge in [0.05, 0.1) is 24.0 Å². The second-order valence-electron chi connectivity index (χ2n) is 8.58. The van der Waals surface area contributed by atoms with Gasteiger partial charge < -0.3 is 20.4 Å². The van der Waals surface area contributed by atoms with E-state index in [-0.39, 0.29) is 11.8 Å². The maximum absolute atomic E-state index is 13.1. The van der Waals surface area contributed by atoms with Crippen LogP contribution in [-0.2, 0) is 11.2 Å². The Morgan fingerprint density at radius 2 is 1.84 bits per heavy atom. The lowest BCUT2D eigenvalue weighted by atomic mass is 10.1. The molecule has 0 saturated heterocycles. The number of nitrogens with zero attached hydrogens (tertiary/aromatic N) is 3. The highest BCUT2D eigenvalue weighted by atomic mass is 79.9. The maximum atomic E-state index is 13.1. The molecule has 2 aromatic heterocycles. The largest absolute Gasteiger partial charge is 0.497 e. The molecule has 0 fully saturated rings. The molecule has 0 bridgehead atoms. The van der Waals surface area contributed by atoms with Crippen LogP contribution in [-0.4, -0.2) is 44.5 Å². The number of hydrogen-bond acceptors (Lipinski definition) is 6. The first-order valence-corrected chi connectivity index (χ1v) is 12.7. The fourth-order valence-corrected chi connectivity index (χ4v) is 4.48. The minimum absolute atomic E-state index is 0.0915. The van der Waals surface area contributed by atoms with Gasteiger partial charge in [0.25, 0.3) is 5.91 Å². The number of amides is 2. The summed E-state index contributed by atoms with van der Waals surface area (Å²) in [7, 11) is 1.63. The third-order valence-electron chi connectivity index (χ3n) is 6.02. The number of carbonyl (C=O) groups excluding carboxylic acids is 2. The van der Waals surface area contributed by atoms with Crippen molar-refractivity contribution in [2.45, 2.75) is 19.3 Å². The number of H-pyrrole nitrogens is 2. The molecule has 11 heteroatoms. The van der Waals surface area contributed by atoms with Crippen LogP contribution in [0.2, 0.25) is 0 Å². The van der Waals surface area contributed by atoms with Crippen LogP contribution in [0.4, 0.5) is 11.4 Å². The fraction of sp³-hybridized carbons (Fsp3) is 0.148. The standard InChI is InChI=1S/C27H24BrN7O3/c1-38-19-11-8-16(9-12-19)4-2-7-24(36)29-22-6-3-5-17-14-23(30-25(17)22)27(37)31-21-13-10-18(28)15-20(21)26-32-34-35-33-26/h3,5-6,8-15,30H,2,4,7H2,1H3,(H,29,36)(H,31,37)(H,32,33,34,35). The molecular weight excluding hydrogens is 550 g/mol. The van der Waals surface area contributed by atoms with Crippen molar-refractivity contribution in [3.05, 3.63) is 82.5 Å². The Morgan fingerprint density at radius 3 is 2.61 bits per heavy atom. The maximum Gasteiger partial charge on any atom is 0.272 e. The van der Waals surface area contributed by atoms with Gasteiger partial charge in [-0.15, -0.1) is 10.2 Å². The molecule has 0 aliphatic heterocycles. The Labute approximate surface area is 226 Å². The summed E-state index contributed by atoms with van der Waals surface area (Å²) in [5, 5.41) is 20.7. The van der Waals surface area contributed by atoms with Crippen molar-refractivity contribution >= 4 is 50.0 Å². The van der Waals surface area contributed by atoms with Crippen molar-refractivity contribution in [2.24, 2.45) is 0 Å². The molecule has 0 radical (unpaired) electrons. The van der Waals surface area contributed by atoms with Gasteiger partial charge in [0.15, 0.2) is 0 Å². The second-order valence-corrected chi connectivity index (χ2v) is 9.50. The Kier molecular flexibility index (Phi) is 7.45. The van der Waals surface area contributed by atoms with Crippen LogP contribution < -0.4 is 15.4 Å². The minimum Gasteiger partial charge on any atom is -0.497 e. The number of anilines is 2.